The summed E-state index contributed by atoms with van der Waals surface area (Å²) in [4.78, 5) is 24.1. The van der Waals surface area contributed by atoms with Crippen molar-refractivity contribution in [1.29, 1.82) is 0 Å². The third-order valence-corrected chi connectivity index (χ3v) is 3.16. The molecule has 0 aliphatic rings. The van der Waals surface area contributed by atoms with Crippen LogP contribution in [0, 0.1) is 5.92 Å². The maximum atomic E-state index is 11.3. The third kappa shape index (κ3) is 4.52. The number of benzene rings is 1. The first-order valence-electron chi connectivity index (χ1n) is 6.49. The van der Waals surface area contributed by atoms with Crippen LogP contribution in [-0.4, -0.2) is 63.6 Å². The molecule has 1 aromatic carbocycles. The number of carbonyl (C=O) groups is 2. The lowest BCUT2D eigenvalue weighted by Gasteiger charge is -2.33. The summed E-state index contributed by atoms with van der Waals surface area (Å²) in [6.07, 6.45) is 0. The van der Waals surface area contributed by atoms with Crippen molar-refractivity contribution in [3.8, 4) is 0 Å². The average molecular weight is 297 g/mol. The van der Waals surface area contributed by atoms with Crippen molar-refractivity contribution in [3.63, 3.8) is 0 Å². The first kappa shape index (κ1) is 17.1. The Morgan fingerprint density at radius 1 is 0.952 bits per heavy atom. The van der Waals surface area contributed by atoms with Gasteiger partial charge in [-0.05, 0) is 5.56 Å². The Morgan fingerprint density at radius 3 is 1.81 bits per heavy atom. The lowest BCUT2D eigenvalue weighted by Crippen LogP contribution is -2.43. The van der Waals surface area contributed by atoms with Gasteiger partial charge >= 0.3 is 11.9 Å². The van der Waals surface area contributed by atoms with E-state index in [1.54, 1.807) is 30.3 Å². The lowest BCUT2D eigenvalue weighted by molar-refractivity contribution is -0.158. The largest absolute Gasteiger partial charge is 0.481 e. The highest BCUT2D eigenvalue weighted by molar-refractivity contribution is 5.94. The predicted molar refractivity (Wildman–Crippen MR) is 73.7 cm³/mol. The first-order valence-corrected chi connectivity index (χ1v) is 6.49. The van der Waals surface area contributed by atoms with Gasteiger partial charge in [0, 0.05) is 13.1 Å². The highest BCUT2D eigenvalue weighted by atomic mass is 16.4. The molecule has 7 heteroatoms. The maximum Gasteiger partial charge on any atom is 0.319 e. The van der Waals surface area contributed by atoms with Gasteiger partial charge in [-0.1, -0.05) is 30.3 Å². The van der Waals surface area contributed by atoms with Crippen LogP contribution in [0.1, 0.15) is 11.6 Å². The van der Waals surface area contributed by atoms with E-state index in [2.05, 4.69) is 0 Å². The third-order valence-electron chi connectivity index (χ3n) is 3.16. The van der Waals surface area contributed by atoms with Gasteiger partial charge in [-0.25, -0.2) is 0 Å². The zero-order valence-corrected chi connectivity index (χ0v) is 11.4. The molecule has 0 aromatic heterocycles. The average Bonchev–Trinajstić information content (AvgIpc) is 2.44. The first-order chi connectivity index (χ1) is 10.0. The van der Waals surface area contributed by atoms with E-state index in [0.717, 1.165) is 0 Å². The number of hydrogen-bond acceptors (Lipinski definition) is 5. The van der Waals surface area contributed by atoms with Crippen molar-refractivity contribution < 1.29 is 30.0 Å². The second-order valence-corrected chi connectivity index (χ2v) is 4.49. The van der Waals surface area contributed by atoms with Crippen LogP contribution in [0.4, 0.5) is 0 Å². The molecule has 0 saturated carbocycles. The summed E-state index contributed by atoms with van der Waals surface area (Å²) in [6.45, 7) is -0.404. The minimum atomic E-state index is -1.69. The van der Waals surface area contributed by atoms with Crippen LogP contribution in [0.25, 0.3) is 0 Å². The molecule has 0 saturated heterocycles. The number of rotatable bonds is 9. The molecule has 1 rings (SSSR count). The molecule has 0 radical (unpaired) electrons. The predicted octanol–water partition coefficient (Wildman–Crippen LogP) is -0.200. The highest BCUT2D eigenvalue weighted by Crippen LogP contribution is 2.29. The molecule has 0 spiro atoms. The normalized spacial score (nSPS) is 12.6. The van der Waals surface area contributed by atoms with Crippen LogP contribution in [0.2, 0.25) is 0 Å². The number of carboxylic acids is 2. The van der Waals surface area contributed by atoms with E-state index in [1.165, 1.54) is 4.90 Å². The smallest absolute Gasteiger partial charge is 0.319 e. The van der Waals surface area contributed by atoms with Crippen molar-refractivity contribution in [2.75, 3.05) is 26.3 Å². The van der Waals surface area contributed by atoms with Crippen LogP contribution in [0.5, 0.6) is 0 Å². The van der Waals surface area contributed by atoms with E-state index in [9.17, 15) is 19.8 Å². The summed E-state index contributed by atoms with van der Waals surface area (Å²) in [5.74, 6) is -4.61. The fourth-order valence-electron chi connectivity index (χ4n) is 2.29. The molecule has 4 N–H and O–H groups in total. The Labute approximate surface area is 122 Å². The molecule has 0 bridgehead atoms. The van der Waals surface area contributed by atoms with Gasteiger partial charge in [-0.2, -0.15) is 0 Å². The highest BCUT2D eigenvalue weighted by Gasteiger charge is 2.39. The monoisotopic (exact) mass is 297 g/mol. The van der Waals surface area contributed by atoms with Crippen LogP contribution < -0.4 is 0 Å². The Kier molecular flexibility index (Phi) is 6.80. The standard InChI is InChI=1S/C14H19NO6/c16-8-6-15(7-9-17)12(10-4-2-1-3-5-10)11(13(18)19)14(20)21/h1-5,11-12,16-17H,6-9H2,(H,18,19)(H,20,21). The minimum absolute atomic E-state index is 0.0666. The maximum absolute atomic E-state index is 11.3. The van der Waals surface area contributed by atoms with E-state index in [0.29, 0.717) is 5.56 Å². The molecule has 0 fully saturated rings. The quantitative estimate of drug-likeness (QED) is 0.466. The molecule has 116 valence electrons. The van der Waals surface area contributed by atoms with Gasteiger partial charge in [-0.3, -0.25) is 14.5 Å². The van der Waals surface area contributed by atoms with E-state index in [4.69, 9.17) is 10.2 Å². The Hall–Kier alpha value is -1.96. The zero-order valence-electron chi connectivity index (χ0n) is 11.4. The molecule has 7 nitrogen and oxygen atoms in total. The SMILES string of the molecule is O=C(O)C(C(=O)O)C(c1ccccc1)N(CCO)CCO. The molecule has 1 unspecified atom stereocenters. The summed E-state index contributed by atoms with van der Waals surface area (Å²) in [5, 5.41) is 36.7. The van der Waals surface area contributed by atoms with Gasteiger partial charge < -0.3 is 20.4 Å². The molecular weight excluding hydrogens is 278 g/mol. The topological polar surface area (TPSA) is 118 Å². The summed E-state index contributed by atoms with van der Waals surface area (Å²) in [5.41, 5.74) is 0.509. The summed E-state index contributed by atoms with van der Waals surface area (Å²) < 4.78 is 0. The molecule has 21 heavy (non-hydrogen) atoms. The second kappa shape index (κ2) is 8.35. The van der Waals surface area contributed by atoms with E-state index < -0.39 is 23.9 Å². The number of aliphatic hydroxyl groups excluding tert-OH is 2. The molecule has 1 atom stereocenters. The molecular formula is C14H19NO6. The lowest BCUT2D eigenvalue weighted by atomic mass is 9.91. The molecule has 0 aliphatic carbocycles. The van der Waals surface area contributed by atoms with Gasteiger partial charge in [0.2, 0.25) is 0 Å². The number of hydrogen-bond donors (Lipinski definition) is 4. The van der Waals surface area contributed by atoms with Crippen LogP contribution in [0.3, 0.4) is 0 Å². The fraction of sp³-hybridized carbons (Fsp3) is 0.429. The van der Waals surface area contributed by atoms with Crippen molar-refractivity contribution in [2.24, 2.45) is 5.92 Å². The van der Waals surface area contributed by atoms with Crippen molar-refractivity contribution in [1.82, 2.24) is 4.90 Å². The summed E-state index contributed by atoms with van der Waals surface area (Å²) in [7, 11) is 0. The van der Waals surface area contributed by atoms with Gasteiger partial charge in [-0.15, -0.1) is 0 Å². The van der Waals surface area contributed by atoms with Crippen molar-refractivity contribution in [2.45, 2.75) is 6.04 Å². The summed E-state index contributed by atoms with van der Waals surface area (Å²) >= 11 is 0. The van der Waals surface area contributed by atoms with Gasteiger partial charge in [0.25, 0.3) is 0 Å². The molecule has 0 aliphatic heterocycles. The number of carboxylic acid groups (broad SMARTS) is 2. The Balaban J connectivity index is 3.26. The van der Waals surface area contributed by atoms with Gasteiger partial charge in [0.15, 0.2) is 5.92 Å². The Morgan fingerprint density at radius 2 is 1.43 bits per heavy atom. The molecule has 1 aromatic rings. The second-order valence-electron chi connectivity index (χ2n) is 4.49. The fourth-order valence-corrected chi connectivity index (χ4v) is 2.29. The van der Waals surface area contributed by atoms with Crippen LogP contribution in [0.15, 0.2) is 30.3 Å². The van der Waals surface area contributed by atoms with Gasteiger partial charge in [0.05, 0.1) is 19.3 Å². The van der Waals surface area contributed by atoms with Crippen LogP contribution in [-0.2, 0) is 9.59 Å². The number of aliphatic carboxylic acids is 2. The van der Waals surface area contributed by atoms with Crippen molar-refractivity contribution >= 4 is 11.9 Å². The minimum Gasteiger partial charge on any atom is -0.481 e. The van der Waals surface area contributed by atoms with E-state index in [-0.39, 0.29) is 26.3 Å². The van der Waals surface area contributed by atoms with E-state index >= 15 is 0 Å². The summed E-state index contributed by atoms with van der Waals surface area (Å²) in [6, 6.07) is 7.38. The molecule has 0 heterocycles. The zero-order chi connectivity index (χ0) is 15.8. The van der Waals surface area contributed by atoms with E-state index in [1.807, 2.05) is 0 Å². The van der Waals surface area contributed by atoms with Crippen molar-refractivity contribution in [3.05, 3.63) is 35.9 Å². The number of aliphatic hydroxyl groups is 2. The van der Waals surface area contributed by atoms with Gasteiger partial charge in [0.1, 0.15) is 0 Å². The Bertz CT molecular complexity index is 444. The number of nitrogens with zero attached hydrogens (tertiary/aromatic N) is 1. The molecule has 0 amide bonds. The van der Waals surface area contributed by atoms with Crippen LogP contribution >= 0.6 is 0 Å².